The Morgan fingerprint density at radius 2 is 1.86 bits per heavy atom. The number of anilines is 2. The molecule has 2 rings (SSSR count). The maximum atomic E-state index is 4.70. The van der Waals surface area contributed by atoms with E-state index in [2.05, 4.69) is 53.9 Å². The average Bonchev–Trinajstić information content (AvgIpc) is 2.47. The highest BCUT2D eigenvalue weighted by Gasteiger charge is 2.19. The van der Waals surface area contributed by atoms with Gasteiger partial charge < -0.3 is 10.2 Å². The number of hydrogen-bond acceptors (Lipinski definition) is 5. The molecule has 21 heavy (non-hydrogen) atoms. The van der Waals surface area contributed by atoms with E-state index in [1.807, 2.05) is 0 Å². The molecule has 5 heteroatoms. The van der Waals surface area contributed by atoms with Crippen molar-refractivity contribution in [3.63, 3.8) is 0 Å². The fourth-order valence-electron chi connectivity index (χ4n) is 2.75. The molecule has 1 aliphatic heterocycles. The fourth-order valence-corrected chi connectivity index (χ4v) is 2.75. The number of aromatic nitrogens is 2. The van der Waals surface area contributed by atoms with Gasteiger partial charge in [-0.2, -0.15) is 0 Å². The summed E-state index contributed by atoms with van der Waals surface area (Å²) in [5.41, 5.74) is 0. The molecule has 0 amide bonds. The highest BCUT2D eigenvalue weighted by molar-refractivity contribution is 5.49. The van der Waals surface area contributed by atoms with Crippen molar-refractivity contribution in [1.82, 2.24) is 14.9 Å². The molecule has 1 aromatic heterocycles. The first-order chi connectivity index (χ1) is 10.1. The minimum atomic E-state index is 0.739. The zero-order chi connectivity index (χ0) is 15.2. The number of aryl methyl sites for hydroxylation is 1. The van der Waals surface area contributed by atoms with E-state index < -0.39 is 0 Å². The molecular formula is C16H29N5. The molecule has 1 fully saturated rings. The molecule has 0 saturated carbocycles. The van der Waals surface area contributed by atoms with Crippen LogP contribution in [-0.4, -0.2) is 54.1 Å². The van der Waals surface area contributed by atoms with Gasteiger partial charge in [-0.05, 0) is 12.8 Å². The maximum Gasteiger partial charge on any atom is 0.134 e. The Kier molecular flexibility index (Phi) is 5.79. The van der Waals surface area contributed by atoms with Gasteiger partial charge in [0, 0.05) is 51.8 Å². The van der Waals surface area contributed by atoms with Crippen molar-refractivity contribution < 1.29 is 0 Å². The number of hydrogen-bond donors (Lipinski definition) is 1. The monoisotopic (exact) mass is 291 g/mol. The summed E-state index contributed by atoms with van der Waals surface area (Å²) in [6.07, 6.45) is 0.875. The van der Waals surface area contributed by atoms with E-state index in [4.69, 9.17) is 4.98 Å². The van der Waals surface area contributed by atoms with Crippen LogP contribution in [0.4, 0.5) is 11.6 Å². The fraction of sp³-hybridized carbons (Fsp3) is 0.750. The summed E-state index contributed by atoms with van der Waals surface area (Å²) in [6.45, 7) is 15.2. The van der Waals surface area contributed by atoms with E-state index in [-0.39, 0.29) is 0 Å². The Morgan fingerprint density at radius 1 is 1.14 bits per heavy atom. The molecule has 0 atom stereocenters. The predicted octanol–water partition coefficient (Wildman–Crippen LogP) is 2.25. The van der Waals surface area contributed by atoms with Crippen molar-refractivity contribution in [2.24, 2.45) is 5.92 Å². The first kappa shape index (κ1) is 16.0. The lowest BCUT2D eigenvalue weighted by molar-refractivity contribution is 0.231. The van der Waals surface area contributed by atoms with Gasteiger partial charge in [0.15, 0.2) is 0 Å². The van der Waals surface area contributed by atoms with Gasteiger partial charge in [-0.15, -0.1) is 0 Å². The van der Waals surface area contributed by atoms with Crippen molar-refractivity contribution in [2.45, 2.75) is 34.1 Å². The highest BCUT2D eigenvalue weighted by Crippen LogP contribution is 2.18. The molecule has 1 N–H and O–H groups in total. The molecule has 118 valence electrons. The molecule has 0 unspecified atom stereocenters. The molecule has 0 bridgehead atoms. The third-order valence-electron chi connectivity index (χ3n) is 3.75. The predicted molar refractivity (Wildman–Crippen MR) is 89.1 cm³/mol. The van der Waals surface area contributed by atoms with Crippen molar-refractivity contribution in [2.75, 3.05) is 49.5 Å². The van der Waals surface area contributed by atoms with Crippen LogP contribution >= 0.6 is 0 Å². The van der Waals surface area contributed by atoms with Gasteiger partial charge in [-0.1, -0.05) is 20.8 Å². The summed E-state index contributed by atoms with van der Waals surface area (Å²) in [6, 6.07) is 2.08. The summed E-state index contributed by atoms with van der Waals surface area (Å²) >= 11 is 0. The number of nitrogens with zero attached hydrogens (tertiary/aromatic N) is 4. The van der Waals surface area contributed by atoms with Crippen molar-refractivity contribution >= 4 is 11.6 Å². The van der Waals surface area contributed by atoms with E-state index in [0.717, 1.165) is 62.5 Å². The number of nitrogens with one attached hydrogen (secondary N) is 1. The molecule has 0 aromatic carbocycles. The number of rotatable bonds is 6. The smallest absolute Gasteiger partial charge is 0.134 e. The second-order valence-corrected chi connectivity index (χ2v) is 6.09. The molecule has 5 nitrogen and oxygen atoms in total. The summed E-state index contributed by atoms with van der Waals surface area (Å²) in [5.74, 6) is 3.68. The quantitative estimate of drug-likeness (QED) is 0.871. The van der Waals surface area contributed by atoms with E-state index >= 15 is 0 Å². The highest BCUT2D eigenvalue weighted by atomic mass is 15.3. The Labute approximate surface area is 128 Å². The lowest BCUT2D eigenvalue weighted by atomic mass is 10.2. The second-order valence-electron chi connectivity index (χ2n) is 6.09. The van der Waals surface area contributed by atoms with Crippen molar-refractivity contribution in [3.8, 4) is 0 Å². The largest absolute Gasteiger partial charge is 0.370 e. The van der Waals surface area contributed by atoms with E-state index in [1.54, 1.807) is 0 Å². The minimum Gasteiger partial charge on any atom is -0.370 e. The Hall–Kier alpha value is -1.36. The zero-order valence-electron chi connectivity index (χ0n) is 13.9. The molecule has 2 heterocycles. The number of piperazine rings is 1. The van der Waals surface area contributed by atoms with Crippen LogP contribution in [0.1, 0.15) is 33.5 Å². The van der Waals surface area contributed by atoms with Gasteiger partial charge in [0.2, 0.25) is 0 Å². The first-order valence-corrected chi connectivity index (χ1v) is 8.21. The van der Waals surface area contributed by atoms with Crippen LogP contribution in [0.2, 0.25) is 0 Å². The molecule has 1 aliphatic rings. The molecule has 1 aromatic rings. The van der Waals surface area contributed by atoms with Gasteiger partial charge in [0.25, 0.3) is 0 Å². The van der Waals surface area contributed by atoms with Crippen molar-refractivity contribution in [3.05, 3.63) is 11.9 Å². The van der Waals surface area contributed by atoms with Crippen LogP contribution < -0.4 is 10.2 Å². The molecule has 0 aliphatic carbocycles. The second kappa shape index (κ2) is 7.59. The average molecular weight is 291 g/mol. The molecule has 1 saturated heterocycles. The van der Waals surface area contributed by atoms with Crippen molar-refractivity contribution in [1.29, 1.82) is 0 Å². The van der Waals surface area contributed by atoms with E-state index in [0.29, 0.717) is 0 Å². The molecular weight excluding hydrogens is 262 g/mol. The SMILES string of the molecule is CCNc1cc(N2CCN(CC(C)C)CC2)nc(CC)n1. The van der Waals surface area contributed by atoms with Crippen LogP contribution in [-0.2, 0) is 6.42 Å². The van der Waals surface area contributed by atoms with Gasteiger partial charge >= 0.3 is 0 Å². The Morgan fingerprint density at radius 3 is 2.43 bits per heavy atom. The van der Waals surface area contributed by atoms with Crippen LogP contribution in [0.15, 0.2) is 6.07 Å². The van der Waals surface area contributed by atoms with E-state index in [9.17, 15) is 0 Å². The summed E-state index contributed by atoms with van der Waals surface area (Å²) in [5, 5.41) is 3.31. The molecule has 0 radical (unpaired) electrons. The van der Waals surface area contributed by atoms with Crippen LogP contribution in [0.5, 0.6) is 0 Å². The Balaban J connectivity index is 2.03. The topological polar surface area (TPSA) is 44.3 Å². The Bertz CT molecular complexity index is 438. The van der Waals surface area contributed by atoms with Gasteiger partial charge in [-0.3, -0.25) is 4.90 Å². The summed E-state index contributed by atoms with van der Waals surface area (Å²) in [4.78, 5) is 14.2. The molecule has 0 spiro atoms. The van der Waals surface area contributed by atoms with Gasteiger partial charge in [-0.25, -0.2) is 9.97 Å². The van der Waals surface area contributed by atoms with Gasteiger partial charge in [0.1, 0.15) is 17.5 Å². The zero-order valence-corrected chi connectivity index (χ0v) is 13.9. The van der Waals surface area contributed by atoms with Crippen LogP contribution in [0.3, 0.4) is 0 Å². The minimum absolute atomic E-state index is 0.739. The normalized spacial score (nSPS) is 16.5. The standard InChI is InChI=1S/C16H29N5/c1-5-14-18-15(17-6-2)11-16(19-14)21-9-7-20(8-10-21)12-13(3)4/h11,13H,5-10,12H2,1-4H3,(H,17,18,19). The van der Waals surface area contributed by atoms with E-state index in [1.165, 1.54) is 6.54 Å². The van der Waals surface area contributed by atoms with Crippen LogP contribution in [0, 0.1) is 5.92 Å². The first-order valence-electron chi connectivity index (χ1n) is 8.21. The lowest BCUT2D eigenvalue weighted by Gasteiger charge is -2.36. The van der Waals surface area contributed by atoms with Gasteiger partial charge in [0.05, 0.1) is 0 Å². The summed E-state index contributed by atoms with van der Waals surface area (Å²) in [7, 11) is 0. The van der Waals surface area contributed by atoms with Crippen LogP contribution in [0.25, 0.3) is 0 Å². The summed E-state index contributed by atoms with van der Waals surface area (Å²) < 4.78 is 0. The maximum absolute atomic E-state index is 4.70. The third-order valence-corrected chi connectivity index (χ3v) is 3.75. The lowest BCUT2D eigenvalue weighted by Crippen LogP contribution is -2.47. The third kappa shape index (κ3) is 4.56.